The number of benzene rings is 1. The topological polar surface area (TPSA) is 95.9 Å². The van der Waals surface area contributed by atoms with Crippen molar-refractivity contribution in [2.24, 2.45) is 0 Å². The Labute approximate surface area is 117 Å². The van der Waals surface area contributed by atoms with Crippen LogP contribution in [0.1, 0.15) is 26.2 Å². The number of nitrogens with one attached hydrogen (secondary N) is 1. The van der Waals surface area contributed by atoms with Gasteiger partial charge in [-0.2, -0.15) is 0 Å². The molecule has 0 fully saturated rings. The Morgan fingerprint density at radius 3 is 2.65 bits per heavy atom. The molecule has 0 aromatic heterocycles. The van der Waals surface area contributed by atoms with E-state index < -0.39 is 17.9 Å². The van der Waals surface area contributed by atoms with Gasteiger partial charge in [0.05, 0.1) is 0 Å². The molecule has 3 N–H and O–H groups in total. The maximum absolute atomic E-state index is 11.6. The molecule has 20 heavy (non-hydrogen) atoms. The first-order chi connectivity index (χ1) is 9.54. The van der Waals surface area contributed by atoms with Crippen molar-refractivity contribution in [3.8, 4) is 11.5 Å². The van der Waals surface area contributed by atoms with Gasteiger partial charge in [-0.3, -0.25) is 4.79 Å². The highest BCUT2D eigenvalue weighted by Gasteiger charge is 2.19. The molecule has 1 amide bonds. The molecule has 1 aromatic carbocycles. The molecule has 0 saturated heterocycles. The van der Waals surface area contributed by atoms with Crippen LogP contribution in [-0.2, 0) is 9.59 Å². The van der Waals surface area contributed by atoms with Crippen LogP contribution in [0.2, 0.25) is 0 Å². The minimum Gasteiger partial charge on any atom is -0.504 e. The smallest absolute Gasteiger partial charge is 0.326 e. The fraction of sp³-hybridized carbons (Fsp3) is 0.429. The third-order valence-electron chi connectivity index (χ3n) is 2.70. The number of para-hydroxylation sites is 2. The lowest BCUT2D eigenvalue weighted by molar-refractivity contribution is -0.142. The molecule has 1 atom stereocenters. The van der Waals surface area contributed by atoms with Crippen molar-refractivity contribution < 1.29 is 24.5 Å². The van der Waals surface area contributed by atoms with Crippen molar-refractivity contribution in [1.82, 2.24) is 5.32 Å². The molecule has 110 valence electrons. The summed E-state index contributed by atoms with van der Waals surface area (Å²) in [7, 11) is 0. The zero-order valence-corrected chi connectivity index (χ0v) is 11.3. The average molecular weight is 281 g/mol. The highest BCUT2D eigenvalue weighted by Crippen LogP contribution is 2.23. The summed E-state index contributed by atoms with van der Waals surface area (Å²) >= 11 is 0. The Bertz CT molecular complexity index is 461. The molecule has 0 aliphatic heterocycles. The summed E-state index contributed by atoms with van der Waals surface area (Å²) < 4.78 is 5.13. The molecule has 1 rings (SSSR count). The lowest BCUT2D eigenvalue weighted by Crippen LogP contribution is -2.42. The lowest BCUT2D eigenvalue weighted by Gasteiger charge is -2.14. The first-order valence-electron chi connectivity index (χ1n) is 6.47. The fourth-order valence-electron chi connectivity index (χ4n) is 1.62. The number of rotatable bonds is 8. The van der Waals surface area contributed by atoms with E-state index in [9.17, 15) is 14.7 Å². The van der Waals surface area contributed by atoms with E-state index in [1.54, 1.807) is 12.1 Å². The monoisotopic (exact) mass is 281 g/mol. The molecule has 0 bridgehead atoms. The van der Waals surface area contributed by atoms with Gasteiger partial charge in [0, 0.05) is 0 Å². The molecule has 6 heteroatoms. The second kappa shape index (κ2) is 8.04. The van der Waals surface area contributed by atoms with Gasteiger partial charge in [0.1, 0.15) is 6.04 Å². The van der Waals surface area contributed by atoms with E-state index in [1.165, 1.54) is 12.1 Å². The zero-order chi connectivity index (χ0) is 15.0. The van der Waals surface area contributed by atoms with Gasteiger partial charge in [0.15, 0.2) is 18.1 Å². The number of aromatic hydroxyl groups is 1. The maximum Gasteiger partial charge on any atom is 0.326 e. The molecule has 0 unspecified atom stereocenters. The fourth-order valence-corrected chi connectivity index (χ4v) is 1.62. The van der Waals surface area contributed by atoms with E-state index in [4.69, 9.17) is 9.84 Å². The first-order valence-corrected chi connectivity index (χ1v) is 6.47. The first kappa shape index (κ1) is 15.8. The Hall–Kier alpha value is -2.24. The predicted octanol–water partition coefficient (Wildman–Crippen LogP) is 1.53. The van der Waals surface area contributed by atoms with Crippen LogP contribution < -0.4 is 10.1 Å². The number of ether oxygens (including phenoxy) is 1. The summed E-state index contributed by atoms with van der Waals surface area (Å²) in [5, 5.41) is 20.8. The van der Waals surface area contributed by atoms with Gasteiger partial charge in [-0.1, -0.05) is 31.9 Å². The number of carboxylic acid groups (broad SMARTS) is 1. The highest BCUT2D eigenvalue weighted by atomic mass is 16.5. The number of amides is 1. The minimum absolute atomic E-state index is 0.0685. The van der Waals surface area contributed by atoms with Crippen LogP contribution in [-0.4, -0.2) is 34.7 Å². The number of carbonyl (C=O) groups is 2. The van der Waals surface area contributed by atoms with Crippen LogP contribution in [0.25, 0.3) is 0 Å². The van der Waals surface area contributed by atoms with Gasteiger partial charge in [-0.15, -0.1) is 0 Å². The second-order valence-electron chi connectivity index (χ2n) is 4.36. The van der Waals surface area contributed by atoms with Gasteiger partial charge in [0.25, 0.3) is 5.91 Å². The van der Waals surface area contributed by atoms with Crippen molar-refractivity contribution in [2.75, 3.05) is 6.61 Å². The van der Waals surface area contributed by atoms with Crippen molar-refractivity contribution in [1.29, 1.82) is 0 Å². The van der Waals surface area contributed by atoms with Gasteiger partial charge < -0.3 is 20.3 Å². The number of phenolic OH excluding ortho intramolecular Hbond substituents is 1. The van der Waals surface area contributed by atoms with Crippen molar-refractivity contribution in [3.63, 3.8) is 0 Å². The van der Waals surface area contributed by atoms with Crippen LogP contribution in [0.5, 0.6) is 11.5 Å². The molecule has 0 aliphatic carbocycles. The molecule has 6 nitrogen and oxygen atoms in total. The van der Waals surface area contributed by atoms with Crippen LogP contribution in [0, 0.1) is 0 Å². The summed E-state index contributed by atoms with van der Waals surface area (Å²) in [4.78, 5) is 22.6. The van der Waals surface area contributed by atoms with Crippen molar-refractivity contribution >= 4 is 11.9 Å². The van der Waals surface area contributed by atoms with Crippen LogP contribution in [0.4, 0.5) is 0 Å². The Morgan fingerprint density at radius 2 is 2.05 bits per heavy atom. The molecule has 0 saturated carbocycles. The molecule has 0 aliphatic rings. The number of carbonyl (C=O) groups excluding carboxylic acids is 1. The molecule has 0 spiro atoms. The number of hydrogen-bond acceptors (Lipinski definition) is 4. The number of aliphatic carboxylic acids is 1. The molecule has 0 radical (unpaired) electrons. The lowest BCUT2D eigenvalue weighted by atomic mass is 10.1. The average Bonchev–Trinajstić information content (AvgIpc) is 2.42. The van der Waals surface area contributed by atoms with Crippen LogP contribution >= 0.6 is 0 Å². The van der Waals surface area contributed by atoms with Crippen molar-refractivity contribution in [3.05, 3.63) is 24.3 Å². The van der Waals surface area contributed by atoms with E-state index in [1.807, 2.05) is 6.92 Å². The SMILES string of the molecule is CCCC[C@H](NC(=O)COc1ccccc1O)C(=O)O. The molecular formula is C14H19NO5. The largest absolute Gasteiger partial charge is 0.504 e. The van der Waals surface area contributed by atoms with Crippen LogP contribution in [0.15, 0.2) is 24.3 Å². The predicted molar refractivity (Wildman–Crippen MR) is 72.7 cm³/mol. The minimum atomic E-state index is -1.06. The summed E-state index contributed by atoms with van der Waals surface area (Å²) in [5.74, 6) is -1.48. The van der Waals surface area contributed by atoms with Crippen molar-refractivity contribution in [2.45, 2.75) is 32.2 Å². The molecule has 0 heterocycles. The van der Waals surface area contributed by atoms with Gasteiger partial charge in [0.2, 0.25) is 0 Å². The number of phenols is 1. The standard InChI is InChI=1S/C14H19NO5/c1-2-3-6-10(14(18)19)15-13(17)9-20-12-8-5-4-7-11(12)16/h4-5,7-8,10,16H,2-3,6,9H2,1H3,(H,15,17)(H,18,19)/t10-/m0/s1. The summed E-state index contributed by atoms with van der Waals surface area (Å²) in [6.45, 7) is 1.61. The van der Waals surface area contributed by atoms with E-state index in [0.29, 0.717) is 6.42 Å². The van der Waals surface area contributed by atoms with E-state index in [-0.39, 0.29) is 18.1 Å². The number of carboxylic acids is 1. The number of unbranched alkanes of at least 4 members (excludes halogenated alkanes) is 1. The number of hydrogen-bond donors (Lipinski definition) is 3. The van der Waals surface area contributed by atoms with E-state index in [0.717, 1.165) is 12.8 Å². The zero-order valence-electron chi connectivity index (χ0n) is 11.3. The highest BCUT2D eigenvalue weighted by molar-refractivity contribution is 5.84. The summed E-state index contributed by atoms with van der Waals surface area (Å²) in [5.41, 5.74) is 0. The molecular weight excluding hydrogens is 262 g/mol. The third kappa shape index (κ3) is 5.17. The Kier molecular flexibility index (Phi) is 6.36. The Balaban J connectivity index is 2.46. The second-order valence-corrected chi connectivity index (χ2v) is 4.36. The van der Waals surface area contributed by atoms with Gasteiger partial charge >= 0.3 is 5.97 Å². The summed E-state index contributed by atoms with van der Waals surface area (Å²) in [6.07, 6.45) is 1.96. The quantitative estimate of drug-likeness (QED) is 0.671. The summed E-state index contributed by atoms with van der Waals surface area (Å²) in [6, 6.07) is 5.35. The van der Waals surface area contributed by atoms with Crippen LogP contribution in [0.3, 0.4) is 0 Å². The molecule has 1 aromatic rings. The van der Waals surface area contributed by atoms with E-state index >= 15 is 0 Å². The Morgan fingerprint density at radius 1 is 1.35 bits per heavy atom. The normalized spacial score (nSPS) is 11.7. The maximum atomic E-state index is 11.6. The van der Waals surface area contributed by atoms with Gasteiger partial charge in [-0.25, -0.2) is 4.79 Å². The van der Waals surface area contributed by atoms with Gasteiger partial charge in [-0.05, 0) is 18.6 Å². The van der Waals surface area contributed by atoms with E-state index in [2.05, 4.69) is 5.32 Å². The third-order valence-corrected chi connectivity index (χ3v) is 2.70.